The lowest BCUT2D eigenvalue weighted by Crippen LogP contribution is -2.27. The van der Waals surface area contributed by atoms with Crippen LogP contribution in [0.15, 0.2) is 48.5 Å². The molecular formula is C22H25FN2O2. The second-order valence-electron chi connectivity index (χ2n) is 8.04. The largest absolute Gasteiger partial charge is 0.352 e. The molecule has 0 aliphatic heterocycles. The molecule has 2 amide bonds. The summed E-state index contributed by atoms with van der Waals surface area (Å²) in [6.45, 7) is 6.40. The van der Waals surface area contributed by atoms with Crippen LogP contribution in [0.4, 0.5) is 10.1 Å². The maximum atomic E-state index is 13.6. The summed E-state index contributed by atoms with van der Waals surface area (Å²) in [5, 5.41) is 5.69. The monoisotopic (exact) mass is 368 g/mol. The summed E-state index contributed by atoms with van der Waals surface area (Å²) in [6.07, 6.45) is 0.520. The van der Waals surface area contributed by atoms with Crippen LogP contribution in [-0.4, -0.2) is 11.8 Å². The average Bonchev–Trinajstić information content (AvgIpc) is 3.41. The first kappa shape index (κ1) is 19.1. The van der Waals surface area contributed by atoms with E-state index >= 15 is 0 Å². The molecule has 2 aromatic rings. The molecule has 0 heterocycles. The van der Waals surface area contributed by atoms with Gasteiger partial charge < -0.3 is 10.6 Å². The van der Waals surface area contributed by atoms with Gasteiger partial charge >= 0.3 is 0 Å². The first-order valence-electron chi connectivity index (χ1n) is 9.19. The van der Waals surface area contributed by atoms with Crippen LogP contribution in [0.5, 0.6) is 0 Å². The van der Waals surface area contributed by atoms with Crippen LogP contribution in [0.25, 0.3) is 0 Å². The number of nitrogens with one attached hydrogen (secondary N) is 2. The molecule has 1 aliphatic carbocycles. The zero-order valence-corrected chi connectivity index (χ0v) is 15.9. The lowest BCUT2D eigenvalue weighted by atomic mass is 9.86. The highest BCUT2D eigenvalue weighted by atomic mass is 19.1. The van der Waals surface area contributed by atoms with Crippen LogP contribution in [0.1, 0.15) is 38.3 Å². The summed E-state index contributed by atoms with van der Waals surface area (Å²) >= 11 is 0. The maximum absolute atomic E-state index is 13.6. The predicted octanol–water partition coefficient (Wildman–Crippen LogP) is 4.01. The lowest BCUT2D eigenvalue weighted by molar-refractivity contribution is -0.125. The molecule has 5 heteroatoms. The minimum absolute atomic E-state index is 0.0933. The summed E-state index contributed by atoms with van der Waals surface area (Å²) in [7, 11) is 0. The van der Waals surface area contributed by atoms with Gasteiger partial charge in [-0.1, -0.05) is 57.2 Å². The first-order valence-corrected chi connectivity index (χ1v) is 9.19. The summed E-state index contributed by atoms with van der Waals surface area (Å²) < 4.78 is 13.6. The highest BCUT2D eigenvalue weighted by Gasteiger charge is 2.48. The zero-order chi connectivity index (χ0) is 19.6. The molecule has 2 aromatic carbocycles. The molecule has 27 heavy (non-hydrogen) atoms. The second-order valence-corrected chi connectivity index (χ2v) is 8.04. The van der Waals surface area contributed by atoms with Crippen LogP contribution in [0.2, 0.25) is 0 Å². The molecule has 0 saturated heterocycles. The topological polar surface area (TPSA) is 58.2 Å². The molecule has 3 rings (SSSR count). The van der Waals surface area contributed by atoms with Gasteiger partial charge in [0.25, 0.3) is 0 Å². The van der Waals surface area contributed by atoms with Crippen LogP contribution in [0.3, 0.4) is 0 Å². The van der Waals surface area contributed by atoms with Crippen molar-refractivity contribution >= 4 is 17.5 Å². The van der Waals surface area contributed by atoms with Crippen molar-refractivity contribution < 1.29 is 14.0 Å². The number of amides is 2. The second kappa shape index (κ2) is 7.51. The van der Waals surface area contributed by atoms with E-state index in [9.17, 15) is 14.0 Å². The Balaban J connectivity index is 1.57. The molecule has 1 saturated carbocycles. The van der Waals surface area contributed by atoms with E-state index in [1.807, 2.05) is 24.3 Å². The first-order chi connectivity index (χ1) is 12.8. The number of rotatable bonds is 5. The third-order valence-corrected chi connectivity index (χ3v) is 4.87. The number of hydrogen-bond donors (Lipinski definition) is 2. The van der Waals surface area contributed by atoms with Gasteiger partial charge in [0.2, 0.25) is 11.8 Å². The molecule has 2 N–H and O–H groups in total. The van der Waals surface area contributed by atoms with E-state index in [0.717, 1.165) is 11.3 Å². The highest BCUT2D eigenvalue weighted by Crippen LogP contribution is 2.40. The number of benzene rings is 2. The smallest absolute Gasteiger partial charge is 0.228 e. The van der Waals surface area contributed by atoms with Gasteiger partial charge in [-0.15, -0.1) is 0 Å². The Morgan fingerprint density at radius 1 is 1.00 bits per heavy atom. The summed E-state index contributed by atoms with van der Waals surface area (Å²) in [6, 6.07) is 14.1. The van der Waals surface area contributed by atoms with Gasteiger partial charge in [0, 0.05) is 17.8 Å². The van der Waals surface area contributed by atoms with E-state index in [4.69, 9.17) is 0 Å². The number of carbonyl (C=O) groups is 2. The maximum Gasteiger partial charge on any atom is 0.228 e. The van der Waals surface area contributed by atoms with Crippen LogP contribution in [-0.2, 0) is 21.5 Å². The van der Waals surface area contributed by atoms with Crippen LogP contribution >= 0.6 is 0 Å². The molecular weight excluding hydrogens is 343 g/mol. The van der Waals surface area contributed by atoms with Crippen molar-refractivity contribution in [3.8, 4) is 0 Å². The number of carbonyl (C=O) groups excluding carboxylic acids is 2. The van der Waals surface area contributed by atoms with Crippen molar-refractivity contribution in [2.24, 2.45) is 11.8 Å². The molecule has 2 unspecified atom stereocenters. The van der Waals surface area contributed by atoms with E-state index in [1.165, 1.54) is 6.07 Å². The Hall–Kier alpha value is -2.69. The van der Waals surface area contributed by atoms with Crippen molar-refractivity contribution in [2.45, 2.75) is 39.2 Å². The van der Waals surface area contributed by atoms with Gasteiger partial charge in [-0.3, -0.25) is 9.59 Å². The minimum Gasteiger partial charge on any atom is -0.352 e. The van der Waals surface area contributed by atoms with Gasteiger partial charge in [0.1, 0.15) is 5.82 Å². The molecule has 142 valence electrons. The van der Waals surface area contributed by atoms with E-state index in [0.29, 0.717) is 12.0 Å². The summed E-state index contributed by atoms with van der Waals surface area (Å²) in [5.74, 6) is -1.38. The molecule has 1 fully saturated rings. The van der Waals surface area contributed by atoms with Crippen molar-refractivity contribution in [3.05, 3.63) is 65.5 Å². The van der Waals surface area contributed by atoms with Crippen molar-refractivity contribution in [3.63, 3.8) is 0 Å². The number of para-hydroxylation sites is 1. The molecule has 1 aliphatic rings. The van der Waals surface area contributed by atoms with Gasteiger partial charge in [-0.05, 0) is 29.5 Å². The fraction of sp³-hybridized carbons (Fsp3) is 0.364. The van der Waals surface area contributed by atoms with Crippen molar-refractivity contribution in [1.82, 2.24) is 5.32 Å². The predicted molar refractivity (Wildman–Crippen MR) is 104 cm³/mol. The Morgan fingerprint density at radius 2 is 1.63 bits per heavy atom. The Morgan fingerprint density at radius 3 is 2.33 bits per heavy atom. The van der Waals surface area contributed by atoms with E-state index in [1.54, 1.807) is 18.2 Å². The van der Waals surface area contributed by atoms with Crippen LogP contribution < -0.4 is 10.6 Å². The van der Waals surface area contributed by atoms with E-state index in [-0.39, 0.29) is 41.4 Å². The molecule has 0 aromatic heterocycles. The third kappa shape index (κ3) is 4.54. The highest BCUT2D eigenvalue weighted by molar-refractivity contribution is 6.00. The molecule has 2 atom stereocenters. The molecule has 0 radical (unpaired) electrons. The number of anilines is 1. The third-order valence-electron chi connectivity index (χ3n) is 4.87. The van der Waals surface area contributed by atoms with Gasteiger partial charge in [-0.25, -0.2) is 4.39 Å². The number of hydrogen-bond acceptors (Lipinski definition) is 2. The van der Waals surface area contributed by atoms with Crippen molar-refractivity contribution in [1.29, 1.82) is 0 Å². The van der Waals surface area contributed by atoms with Crippen molar-refractivity contribution in [2.75, 3.05) is 5.32 Å². The lowest BCUT2D eigenvalue weighted by Gasteiger charge is -2.23. The molecule has 0 spiro atoms. The van der Waals surface area contributed by atoms with E-state index in [2.05, 4.69) is 31.4 Å². The summed E-state index contributed by atoms with van der Waals surface area (Å²) in [4.78, 5) is 24.8. The van der Waals surface area contributed by atoms with Crippen LogP contribution in [0, 0.1) is 17.7 Å². The normalized spacial score (nSPS) is 18.7. The zero-order valence-electron chi connectivity index (χ0n) is 15.9. The molecule has 0 bridgehead atoms. The Labute approximate surface area is 159 Å². The van der Waals surface area contributed by atoms with Gasteiger partial charge in [0.05, 0.1) is 11.8 Å². The number of halogens is 1. The fourth-order valence-electron chi connectivity index (χ4n) is 3.20. The van der Waals surface area contributed by atoms with E-state index < -0.39 is 0 Å². The summed E-state index contributed by atoms with van der Waals surface area (Å²) in [5.41, 5.74) is 2.18. The minimum atomic E-state index is -0.349. The quantitative estimate of drug-likeness (QED) is 0.838. The average molecular weight is 368 g/mol. The van der Waals surface area contributed by atoms with Gasteiger partial charge in [0.15, 0.2) is 0 Å². The Kier molecular flexibility index (Phi) is 5.31. The molecule has 4 nitrogen and oxygen atoms in total. The standard InChI is InChI=1S/C22H25FN2O2/c1-22(2,3)17-9-5-7-11-19(17)25-21(27)16-12-15(16)20(26)24-13-14-8-4-6-10-18(14)23/h4-11,15-16H,12-13H2,1-3H3,(H,24,26)(H,25,27). The fourth-order valence-corrected chi connectivity index (χ4v) is 3.20. The van der Waals surface area contributed by atoms with Gasteiger partial charge in [-0.2, -0.15) is 0 Å². The Bertz CT molecular complexity index is 857. The SMILES string of the molecule is CC(C)(C)c1ccccc1NC(=O)C1CC1C(=O)NCc1ccccc1F.